The van der Waals surface area contributed by atoms with Gasteiger partial charge in [0.1, 0.15) is 12.4 Å². The number of nitrogens with two attached hydrogens (primary N) is 1. The Hall–Kier alpha value is -3.45. The van der Waals surface area contributed by atoms with E-state index in [-0.39, 0.29) is 41.2 Å². The lowest BCUT2D eigenvalue weighted by molar-refractivity contribution is 0.00181. The summed E-state index contributed by atoms with van der Waals surface area (Å²) in [5.74, 6) is -0.0650. The van der Waals surface area contributed by atoms with E-state index in [2.05, 4.69) is 26.1 Å². The molecule has 0 unspecified atom stereocenters. The Bertz CT molecular complexity index is 1080. The second kappa shape index (κ2) is 8.35. The zero-order chi connectivity index (χ0) is 22.0. The van der Waals surface area contributed by atoms with Gasteiger partial charge in [-0.25, -0.2) is 4.79 Å². The summed E-state index contributed by atoms with van der Waals surface area (Å²) < 4.78 is 10.5. The van der Waals surface area contributed by atoms with Gasteiger partial charge < -0.3 is 36.0 Å². The number of nitrogens with one attached hydrogen (secondary N) is 4. The number of carbonyl (C=O) groups excluding carboxylic acids is 1. The Labute approximate surface area is 180 Å². The van der Waals surface area contributed by atoms with Gasteiger partial charge in [0, 0.05) is 17.8 Å². The van der Waals surface area contributed by atoms with Crippen LogP contribution in [0.15, 0.2) is 27.2 Å². The maximum absolute atomic E-state index is 12.6. The van der Waals surface area contributed by atoms with Crippen molar-refractivity contribution in [2.45, 2.75) is 24.8 Å². The molecule has 2 bridgehead atoms. The zero-order valence-electron chi connectivity index (χ0n) is 16.3. The molecule has 0 saturated heterocycles. The van der Waals surface area contributed by atoms with E-state index < -0.39 is 11.5 Å². The molecule has 3 aliphatic carbocycles. The molecule has 3 saturated carbocycles. The Morgan fingerprint density at radius 1 is 1.39 bits per heavy atom. The molecule has 3 aliphatic rings. The number of ether oxygens (including phenoxy) is 1. The molecule has 0 atom stereocenters. The van der Waals surface area contributed by atoms with Gasteiger partial charge in [-0.05, 0) is 31.3 Å². The monoisotopic (exact) mass is 447 g/mol. The highest BCUT2D eigenvalue weighted by Crippen LogP contribution is 2.59. The molecule has 0 aromatic carbocycles. The standard InChI is InChI=1S/C18H21N7O5S/c19-2-1-12(20)21-16-24-25-17(31-16)22-14(27)11-5-10(23-18-6-9(7-18)8-18)13(15(28)30-11)29-4-3-26/h1-2,5,9,19,23,26H,3-4,6-8,20H2,(H,21,24)(H,22,25,27)/b12-1-,19-2?. The topological polar surface area (TPSA) is 188 Å². The van der Waals surface area contributed by atoms with Crippen LogP contribution in [0.5, 0.6) is 5.75 Å². The number of aromatic nitrogens is 2. The molecule has 2 aromatic rings. The lowest BCUT2D eigenvalue weighted by Gasteiger charge is -2.62. The van der Waals surface area contributed by atoms with Crippen LogP contribution in [0.3, 0.4) is 0 Å². The minimum Gasteiger partial charge on any atom is -0.483 e. The average molecular weight is 447 g/mol. The molecule has 3 fully saturated rings. The molecule has 7 N–H and O–H groups in total. The zero-order valence-corrected chi connectivity index (χ0v) is 17.1. The fraction of sp³-hybridized carbons (Fsp3) is 0.389. The minimum atomic E-state index is -0.820. The van der Waals surface area contributed by atoms with Crippen molar-refractivity contribution < 1.29 is 19.1 Å². The Morgan fingerprint density at radius 3 is 2.71 bits per heavy atom. The number of anilines is 3. The highest BCUT2D eigenvalue weighted by atomic mass is 32.1. The molecular weight excluding hydrogens is 426 g/mol. The predicted octanol–water partition coefficient (Wildman–Crippen LogP) is 0.941. The van der Waals surface area contributed by atoms with Crippen LogP contribution in [-0.4, -0.2) is 46.2 Å². The fourth-order valence-electron chi connectivity index (χ4n) is 3.63. The summed E-state index contributed by atoms with van der Waals surface area (Å²) in [4.78, 5) is 25.1. The van der Waals surface area contributed by atoms with Gasteiger partial charge in [-0.2, -0.15) is 0 Å². The van der Waals surface area contributed by atoms with E-state index >= 15 is 0 Å². The van der Waals surface area contributed by atoms with Gasteiger partial charge >= 0.3 is 5.63 Å². The number of aliphatic hydroxyl groups excluding tert-OH is 1. The first-order valence-electron chi connectivity index (χ1n) is 9.49. The SMILES string of the molecule is N=C/C=C(/N)Nc1nnc(NC(=O)c2cc(NC34CC(C3)C4)c(OCCO)c(=O)o2)s1. The minimum absolute atomic E-state index is 0.0637. The highest BCUT2D eigenvalue weighted by Gasteiger charge is 2.56. The Morgan fingerprint density at radius 2 is 2.10 bits per heavy atom. The van der Waals surface area contributed by atoms with Gasteiger partial charge in [0.25, 0.3) is 5.91 Å². The van der Waals surface area contributed by atoms with E-state index in [0.717, 1.165) is 36.8 Å². The van der Waals surface area contributed by atoms with Crippen molar-refractivity contribution in [2.75, 3.05) is 29.2 Å². The Balaban J connectivity index is 1.51. The number of nitrogens with zero attached hydrogens (tertiary/aromatic N) is 2. The molecule has 164 valence electrons. The molecule has 0 radical (unpaired) electrons. The van der Waals surface area contributed by atoms with Crippen LogP contribution < -0.4 is 32.0 Å². The van der Waals surface area contributed by atoms with E-state index in [1.165, 1.54) is 12.1 Å². The van der Waals surface area contributed by atoms with E-state index in [4.69, 9.17) is 25.4 Å². The summed E-state index contributed by atoms with van der Waals surface area (Å²) in [5.41, 5.74) is 5.10. The van der Waals surface area contributed by atoms with Gasteiger partial charge in [0.15, 0.2) is 5.76 Å². The van der Waals surface area contributed by atoms with Gasteiger partial charge in [-0.1, -0.05) is 11.3 Å². The summed E-state index contributed by atoms with van der Waals surface area (Å²) in [6.45, 7) is -0.335. The van der Waals surface area contributed by atoms with Crippen molar-refractivity contribution in [1.82, 2.24) is 10.2 Å². The van der Waals surface area contributed by atoms with Crippen molar-refractivity contribution in [2.24, 2.45) is 11.7 Å². The van der Waals surface area contributed by atoms with Crippen LogP contribution in [0.4, 0.5) is 16.0 Å². The average Bonchev–Trinajstić information content (AvgIpc) is 3.09. The van der Waals surface area contributed by atoms with Crippen molar-refractivity contribution in [3.05, 3.63) is 34.1 Å². The number of hydrogen-bond acceptors (Lipinski definition) is 12. The molecule has 1 amide bonds. The summed E-state index contributed by atoms with van der Waals surface area (Å²) >= 11 is 1.01. The molecular formula is C18H21N7O5S. The van der Waals surface area contributed by atoms with Crippen LogP contribution in [0.1, 0.15) is 29.8 Å². The summed E-state index contributed by atoms with van der Waals surface area (Å²) in [6.07, 6.45) is 5.36. The largest absolute Gasteiger partial charge is 0.483 e. The molecule has 5 rings (SSSR count). The van der Waals surface area contributed by atoms with E-state index in [0.29, 0.717) is 16.7 Å². The van der Waals surface area contributed by atoms with Crippen LogP contribution in [0.2, 0.25) is 0 Å². The highest BCUT2D eigenvalue weighted by molar-refractivity contribution is 7.19. The quantitative estimate of drug-likeness (QED) is 0.286. The van der Waals surface area contributed by atoms with Gasteiger partial charge in [0.2, 0.25) is 16.0 Å². The maximum atomic E-state index is 12.6. The number of amides is 1. The van der Waals surface area contributed by atoms with E-state index in [1.807, 2.05) is 0 Å². The summed E-state index contributed by atoms with van der Waals surface area (Å²) in [6, 6.07) is 1.41. The Kier molecular flexibility index (Phi) is 5.61. The number of aliphatic hydroxyl groups is 1. The van der Waals surface area contributed by atoms with E-state index in [1.54, 1.807) is 0 Å². The molecule has 2 aromatic heterocycles. The van der Waals surface area contributed by atoms with Crippen LogP contribution in [0, 0.1) is 11.3 Å². The molecule has 0 spiro atoms. The smallest absolute Gasteiger partial charge is 0.381 e. The number of carbonyl (C=O) groups is 1. The third kappa shape index (κ3) is 4.36. The van der Waals surface area contributed by atoms with Crippen LogP contribution in [-0.2, 0) is 0 Å². The van der Waals surface area contributed by atoms with Gasteiger partial charge in [0.05, 0.1) is 12.3 Å². The third-order valence-corrected chi connectivity index (χ3v) is 5.82. The summed E-state index contributed by atoms with van der Waals surface area (Å²) in [7, 11) is 0. The fourth-order valence-corrected chi connectivity index (χ4v) is 4.29. The normalized spacial score (nSPS) is 21.5. The third-order valence-electron chi connectivity index (χ3n) is 5.07. The van der Waals surface area contributed by atoms with E-state index in [9.17, 15) is 9.59 Å². The molecule has 2 heterocycles. The lowest BCUT2D eigenvalue weighted by Crippen LogP contribution is -2.63. The lowest BCUT2D eigenvalue weighted by atomic mass is 9.50. The molecule has 13 heteroatoms. The van der Waals surface area contributed by atoms with Gasteiger partial charge in [-0.3, -0.25) is 10.1 Å². The predicted molar refractivity (Wildman–Crippen MR) is 114 cm³/mol. The number of rotatable bonds is 10. The van der Waals surface area contributed by atoms with Crippen molar-refractivity contribution >= 4 is 39.4 Å². The second-order valence-corrected chi connectivity index (χ2v) is 8.35. The molecule has 31 heavy (non-hydrogen) atoms. The van der Waals surface area contributed by atoms with Gasteiger partial charge in [-0.15, -0.1) is 10.2 Å². The first kappa shape index (κ1) is 20.8. The first-order valence-corrected chi connectivity index (χ1v) is 10.3. The van der Waals surface area contributed by atoms with Crippen LogP contribution in [0.25, 0.3) is 0 Å². The maximum Gasteiger partial charge on any atom is 0.381 e. The molecule has 0 aliphatic heterocycles. The second-order valence-electron chi connectivity index (χ2n) is 7.38. The first-order chi connectivity index (χ1) is 14.9. The van der Waals surface area contributed by atoms with Crippen LogP contribution >= 0.6 is 11.3 Å². The summed E-state index contributed by atoms with van der Waals surface area (Å²) in [5, 5.41) is 32.7. The molecule has 12 nitrogen and oxygen atoms in total. The van der Waals surface area contributed by atoms with Crippen molar-refractivity contribution in [3.63, 3.8) is 0 Å². The number of hydrogen-bond donors (Lipinski definition) is 6. The van der Waals surface area contributed by atoms with Crippen molar-refractivity contribution in [1.29, 1.82) is 5.41 Å². The number of allylic oxidation sites excluding steroid dienone is 1. The van der Waals surface area contributed by atoms with Crippen molar-refractivity contribution in [3.8, 4) is 5.75 Å².